The van der Waals surface area contributed by atoms with E-state index in [4.69, 9.17) is 4.74 Å². The number of rotatable bonds is 2. The molecule has 0 aliphatic heterocycles. The van der Waals surface area contributed by atoms with Gasteiger partial charge < -0.3 is 9.72 Å². The van der Waals surface area contributed by atoms with Crippen LogP contribution in [0.15, 0.2) is 29.2 Å². The summed E-state index contributed by atoms with van der Waals surface area (Å²) in [6, 6.07) is 5.34. The minimum absolute atomic E-state index is 0.356. The molecule has 5 nitrogen and oxygen atoms in total. The van der Waals surface area contributed by atoms with Crippen LogP contribution in [0.1, 0.15) is 5.69 Å². The Kier molecular flexibility index (Phi) is 2.68. The largest absolute Gasteiger partial charge is 0.481 e. The van der Waals surface area contributed by atoms with Gasteiger partial charge in [-0.15, -0.1) is 0 Å². The molecule has 2 aromatic rings. The van der Waals surface area contributed by atoms with Crippen molar-refractivity contribution in [1.82, 2.24) is 15.0 Å². The number of hydrogen-bond donors (Lipinski definition) is 1. The van der Waals surface area contributed by atoms with Crippen molar-refractivity contribution in [2.24, 2.45) is 0 Å². The van der Waals surface area contributed by atoms with Crippen LogP contribution in [0.25, 0.3) is 11.3 Å². The average Bonchev–Trinajstić information content (AvgIpc) is 2.28. The van der Waals surface area contributed by atoms with Gasteiger partial charge in [0, 0.05) is 23.5 Å². The molecule has 0 aliphatic rings. The summed E-state index contributed by atoms with van der Waals surface area (Å²) < 4.78 is 4.95. The number of aryl methyl sites for hydroxylation is 1. The Morgan fingerprint density at radius 1 is 1.38 bits per heavy atom. The first kappa shape index (κ1) is 10.4. The van der Waals surface area contributed by atoms with Gasteiger partial charge >= 0.3 is 5.69 Å². The lowest BCUT2D eigenvalue weighted by Crippen LogP contribution is -2.11. The third-order valence-electron chi connectivity index (χ3n) is 2.12. The van der Waals surface area contributed by atoms with Crippen LogP contribution in [0.4, 0.5) is 0 Å². The Balaban J connectivity index is 2.46. The molecule has 0 unspecified atom stereocenters. The fraction of sp³-hybridized carbons (Fsp3) is 0.182. The number of aromatic nitrogens is 3. The highest BCUT2D eigenvalue weighted by Crippen LogP contribution is 2.17. The van der Waals surface area contributed by atoms with E-state index in [1.54, 1.807) is 25.4 Å². The van der Waals surface area contributed by atoms with Crippen molar-refractivity contribution in [3.63, 3.8) is 0 Å². The zero-order valence-corrected chi connectivity index (χ0v) is 9.02. The molecule has 0 atom stereocenters. The summed E-state index contributed by atoms with van der Waals surface area (Å²) >= 11 is 0. The van der Waals surface area contributed by atoms with Gasteiger partial charge in [-0.05, 0) is 19.1 Å². The number of methoxy groups -OCH3 is 1. The number of nitrogens with zero attached hydrogens (tertiary/aromatic N) is 2. The maximum Gasteiger partial charge on any atom is 0.345 e. The highest BCUT2D eigenvalue weighted by Gasteiger charge is 2.02. The number of H-pyrrole nitrogens is 1. The Hall–Kier alpha value is -2.17. The van der Waals surface area contributed by atoms with Crippen molar-refractivity contribution in [3.05, 3.63) is 40.6 Å². The van der Waals surface area contributed by atoms with E-state index in [1.807, 2.05) is 13.0 Å². The summed E-state index contributed by atoms with van der Waals surface area (Å²) in [5, 5.41) is 0. The molecule has 0 amide bonds. The van der Waals surface area contributed by atoms with Gasteiger partial charge in [0.2, 0.25) is 5.88 Å². The molecule has 0 spiro atoms. The van der Waals surface area contributed by atoms with Crippen LogP contribution in [-0.4, -0.2) is 22.1 Å². The molecule has 1 N–H and O–H groups in total. The van der Waals surface area contributed by atoms with E-state index in [2.05, 4.69) is 15.0 Å². The van der Waals surface area contributed by atoms with Gasteiger partial charge in [0.15, 0.2) is 0 Å². The predicted octanol–water partition coefficient (Wildman–Crippen LogP) is 1.15. The fourth-order valence-corrected chi connectivity index (χ4v) is 1.38. The number of hydrogen-bond acceptors (Lipinski definition) is 4. The van der Waals surface area contributed by atoms with E-state index in [0.717, 1.165) is 11.3 Å². The molecule has 82 valence electrons. The molecule has 0 aromatic carbocycles. The maximum atomic E-state index is 11.2. The van der Waals surface area contributed by atoms with Gasteiger partial charge in [-0.25, -0.2) is 9.78 Å². The van der Waals surface area contributed by atoms with Crippen LogP contribution < -0.4 is 10.4 Å². The standard InChI is InChI=1S/C11H11N3O2/c1-7-5-9(14-11(15)13-7)8-3-4-10(16-2)12-6-8/h3-6H,1-2H3,(H,13,14,15). The minimum atomic E-state index is -0.356. The second kappa shape index (κ2) is 4.14. The van der Waals surface area contributed by atoms with Crippen LogP contribution >= 0.6 is 0 Å². The van der Waals surface area contributed by atoms with E-state index in [0.29, 0.717) is 11.6 Å². The third-order valence-corrected chi connectivity index (χ3v) is 2.12. The highest BCUT2D eigenvalue weighted by atomic mass is 16.5. The van der Waals surface area contributed by atoms with Crippen LogP contribution in [0.5, 0.6) is 5.88 Å². The fourth-order valence-electron chi connectivity index (χ4n) is 1.38. The molecule has 5 heteroatoms. The van der Waals surface area contributed by atoms with Crippen molar-refractivity contribution < 1.29 is 4.74 Å². The van der Waals surface area contributed by atoms with Crippen LogP contribution in [-0.2, 0) is 0 Å². The summed E-state index contributed by atoms with van der Waals surface area (Å²) in [6.45, 7) is 1.81. The Morgan fingerprint density at radius 2 is 2.19 bits per heavy atom. The first-order chi connectivity index (χ1) is 7.69. The predicted molar refractivity (Wildman–Crippen MR) is 59.4 cm³/mol. The molecule has 0 radical (unpaired) electrons. The second-order valence-electron chi connectivity index (χ2n) is 3.34. The summed E-state index contributed by atoms with van der Waals surface area (Å²) in [5.41, 5.74) is 1.81. The topological polar surface area (TPSA) is 67.9 Å². The van der Waals surface area contributed by atoms with E-state index in [1.165, 1.54) is 0 Å². The van der Waals surface area contributed by atoms with Crippen molar-refractivity contribution in [2.75, 3.05) is 7.11 Å². The SMILES string of the molecule is COc1ccc(-c2cc(C)[nH]c(=O)n2)cn1. The molecule has 0 saturated carbocycles. The summed E-state index contributed by atoms with van der Waals surface area (Å²) in [6.07, 6.45) is 1.63. The smallest absolute Gasteiger partial charge is 0.345 e. The van der Waals surface area contributed by atoms with Crippen LogP contribution in [0, 0.1) is 6.92 Å². The highest BCUT2D eigenvalue weighted by molar-refractivity contribution is 5.58. The zero-order valence-electron chi connectivity index (χ0n) is 9.02. The Morgan fingerprint density at radius 3 is 2.75 bits per heavy atom. The first-order valence-corrected chi connectivity index (χ1v) is 4.77. The summed E-state index contributed by atoms with van der Waals surface area (Å²) in [4.78, 5) is 21.7. The van der Waals surface area contributed by atoms with E-state index in [9.17, 15) is 4.79 Å². The quantitative estimate of drug-likeness (QED) is 0.819. The van der Waals surface area contributed by atoms with Crippen molar-refractivity contribution in [2.45, 2.75) is 6.92 Å². The molecule has 0 bridgehead atoms. The number of aromatic amines is 1. The molecule has 0 saturated heterocycles. The third kappa shape index (κ3) is 2.08. The van der Waals surface area contributed by atoms with Gasteiger partial charge in [0.05, 0.1) is 12.8 Å². The van der Waals surface area contributed by atoms with E-state index >= 15 is 0 Å². The molecule has 2 rings (SSSR count). The monoisotopic (exact) mass is 217 g/mol. The lowest BCUT2D eigenvalue weighted by atomic mass is 10.2. The normalized spacial score (nSPS) is 10.1. The van der Waals surface area contributed by atoms with Crippen molar-refractivity contribution in [1.29, 1.82) is 0 Å². The van der Waals surface area contributed by atoms with E-state index < -0.39 is 0 Å². The van der Waals surface area contributed by atoms with Crippen LogP contribution in [0.2, 0.25) is 0 Å². The molecule has 0 fully saturated rings. The second-order valence-corrected chi connectivity index (χ2v) is 3.34. The van der Waals surface area contributed by atoms with Crippen molar-refractivity contribution in [3.8, 4) is 17.1 Å². The Bertz CT molecular complexity index is 546. The lowest BCUT2D eigenvalue weighted by Gasteiger charge is -2.02. The molecule has 16 heavy (non-hydrogen) atoms. The molecule has 2 heterocycles. The van der Waals surface area contributed by atoms with Crippen LogP contribution in [0.3, 0.4) is 0 Å². The number of pyridine rings is 1. The van der Waals surface area contributed by atoms with Gasteiger partial charge in [-0.1, -0.05) is 0 Å². The summed E-state index contributed by atoms with van der Waals surface area (Å²) in [7, 11) is 1.55. The van der Waals surface area contributed by atoms with Gasteiger partial charge in [-0.3, -0.25) is 0 Å². The van der Waals surface area contributed by atoms with Gasteiger partial charge in [0.1, 0.15) is 0 Å². The van der Waals surface area contributed by atoms with Gasteiger partial charge in [0.25, 0.3) is 0 Å². The zero-order chi connectivity index (χ0) is 11.5. The molecular weight excluding hydrogens is 206 g/mol. The molecule has 2 aromatic heterocycles. The van der Waals surface area contributed by atoms with Gasteiger partial charge in [-0.2, -0.15) is 4.98 Å². The molecule has 0 aliphatic carbocycles. The average molecular weight is 217 g/mol. The van der Waals surface area contributed by atoms with Crippen molar-refractivity contribution >= 4 is 0 Å². The first-order valence-electron chi connectivity index (χ1n) is 4.77. The molecular formula is C11H11N3O2. The van der Waals surface area contributed by atoms with E-state index in [-0.39, 0.29) is 5.69 Å². The maximum absolute atomic E-state index is 11.2. The summed E-state index contributed by atoms with van der Waals surface area (Å²) in [5.74, 6) is 0.533. The Labute approximate surface area is 92.2 Å². The number of nitrogens with one attached hydrogen (secondary N) is 1. The number of ether oxygens (including phenoxy) is 1. The lowest BCUT2D eigenvalue weighted by molar-refractivity contribution is 0.398. The minimum Gasteiger partial charge on any atom is -0.481 e.